The van der Waals surface area contributed by atoms with E-state index in [4.69, 9.17) is 10.5 Å². The molecule has 1 fully saturated rings. The van der Waals surface area contributed by atoms with Gasteiger partial charge in [0, 0.05) is 43.9 Å². The third-order valence-electron chi connectivity index (χ3n) is 4.17. The number of rotatable bonds is 8. The van der Waals surface area contributed by atoms with Crippen LogP contribution in [0.2, 0.25) is 0 Å². The van der Waals surface area contributed by atoms with Gasteiger partial charge in [-0.2, -0.15) is 26.3 Å². The fourth-order valence-electron chi connectivity index (χ4n) is 3.02. The van der Waals surface area contributed by atoms with Crippen LogP contribution in [0.25, 0.3) is 0 Å². The molecule has 1 atom stereocenters. The molecule has 1 heterocycles. The van der Waals surface area contributed by atoms with Crippen LogP contribution >= 0.6 is 0 Å². The summed E-state index contributed by atoms with van der Waals surface area (Å²) in [6.45, 7) is -0.0566. The largest absolute Gasteiger partial charge is 0.484 e. The van der Waals surface area contributed by atoms with E-state index in [0.29, 0.717) is 44.7 Å². The molecule has 1 saturated heterocycles. The predicted molar refractivity (Wildman–Crippen MR) is 90.4 cm³/mol. The summed E-state index contributed by atoms with van der Waals surface area (Å²) < 4.78 is 84.6. The molecule has 0 radical (unpaired) electrons. The van der Waals surface area contributed by atoms with Gasteiger partial charge < -0.3 is 20.5 Å². The Morgan fingerprint density at radius 1 is 1.00 bits per heavy atom. The smallest absolute Gasteiger partial charge is 0.422 e. The number of halogens is 6. The van der Waals surface area contributed by atoms with E-state index >= 15 is 0 Å². The van der Waals surface area contributed by atoms with Crippen molar-refractivity contribution >= 4 is 0 Å². The van der Waals surface area contributed by atoms with Crippen LogP contribution < -0.4 is 20.5 Å². The fourth-order valence-corrected chi connectivity index (χ4v) is 3.02. The molecule has 0 bridgehead atoms. The van der Waals surface area contributed by atoms with Crippen LogP contribution in [0.3, 0.4) is 0 Å². The van der Waals surface area contributed by atoms with E-state index in [1.165, 1.54) is 12.1 Å². The van der Waals surface area contributed by atoms with Gasteiger partial charge in [-0.05, 0) is 19.0 Å². The zero-order valence-electron chi connectivity index (χ0n) is 15.1. The quantitative estimate of drug-likeness (QED) is 0.640. The van der Waals surface area contributed by atoms with Gasteiger partial charge in [-0.25, -0.2) is 0 Å². The summed E-state index contributed by atoms with van der Waals surface area (Å²) in [4.78, 5) is 2.06. The van der Waals surface area contributed by atoms with Crippen molar-refractivity contribution in [1.29, 1.82) is 0 Å². The van der Waals surface area contributed by atoms with Crippen LogP contribution in [-0.2, 0) is 0 Å². The molecular weight excluding hydrogens is 392 g/mol. The first-order chi connectivity index (χ1) is 13.1. The highest BCUT2D eigenvalue weighted by atomic mass is 19.4. The number of alkyl halides is 6. The van der Waals surface area contributed by atoms with Gasteiger partial charge in [-0.3, -0.25) is 4.90 Å². The Balaban J connectivity index is 2.29. The van der Waals surface area contributed by atoms with Crippen LogP contribution in [0.5, 0.6) is 11.5 Å². The number of benzene rings is 1. The summed E-state index contributed by atoms with van der Waals surface area (Å²) in [6.07, 6.45) is -8.68. The van der Waals surface area contributed by atoms with E-state index < -0.39 is 25.6 Å². The lowest BCUT2D eigenvalue weighted by Gasteiger charge is -2.36. The summed E-state index contributed by atoms with van der Waals surface area (Å²) in [5.41, 5.74) is 6.12. The number of ether oxygens (including phenoxy) is 2. The Bertz CT molecular complexity index is 618. The molecule has 1 aromatic rings. The lowest BCUT2D eigenvalue weighted by molar-refractivity contribution is -0.154. The molecule has 0 amide bonds. The maximum atomic E-state index is 12.6. The highest BCUT2D eigenvalue weighted by molar-refractivity contribution is 5.43. The van der Waals surface area contributed by atoms with E-state index in [1.54, 1.807) is 0 Å². The van der Waals surface area contributed by atoms with Crippen molar-refractivity contribution in [3.8, 4) is 11.5 Å². The van der Waals surface area contributed by atoms with Gasteiger partial charge in [0.05, 0.1) is 0 Å². The number of piperazine rings is 1. The summed E-state index contributed by atoms with van der Waals surface area (Å²) in [7, 11) is 0. The average Bonchev–Trinajstić information content (AvgIpc) is 2.62. The van der Waals surface area contributed by atoms with E-state index in [0.717, 1.165) is 6.07 Å². The molecule has 1 unspecified atom stereocenters. The van der Waals surface area contributed by atoms with Crippen molar-refractivity contribution in [2.45, 2.75) is 24.8 Å². The second-order valence-electron chi connectivity index (χ2n) is 6.39. The average molecular weight is 415 g/mol. The van der Waals surface area contributed by atoms with E-state index in [-0.39, 0.29) is 17.5 Å². The molecule has 1 aliphatic heterocycles. The van der Waals surface area contributed by atoms with Crippen molar-refractivity contribution in [2.75, 3.05) is 45.9 Å². The Morgan fingerprint density at radius 3 is 2.18 bits per heavy atom. The standard InChI is InChI=1S/C17H23F6N3O2/c18-16(19,20)10-27-12-1-2-13(15(9-12)28-11-17(21,22)23)14(3-4-24)26-7-5-25-6-8-26/h1-2,9,14,25H,3-8,10-11,24H2. The third-order valence-corrected chi connectivity index (χ3v) is 4.17. The van der Waals surface area contributed by atoms with Crippen LogP contribution in [-0.4, -0.2) is 63.2 Å². The van der Waals surface area contributed by atoms with Gasteiger partial charge in [0.25, 0.3) is 0 Å². The zero-order chi connectivity index (χ0) is 20.8. The fraction of sp³-hybridized carbons (Fsp3) is 0.647. The molecule has 0 aromatic heterocycles. The van der Waals surface area contributed by atoms with E-state index in [2.05, 4.69) is 15.0 Å². The molecule has 5 nitrogen and oxygen atoms in total. The van der Waals surface area contributed by atoms with Crippen molar-refractivity contribution in [2.24, 2.45) is 5.73 Å². The van der Waals surface area contributed by atoms with Crippen LogP contribution in [0.4, 0.5) is 26.3 Å². The Hall–Kier alpha value is -1.72. The van der Waals surface area contributed by atoms with Gasteiger partial charge in [0.1, 0.15) is 11.5 Å². The topological polar surface area (TPSA) is 59.8 Å². The summed E-state index contributed by atoms with van der Waals surface area (Å²) >= 11 is 0. The first kappa shape index (κ1) is 22.6. The highest BCUT2D eigenvalue weighted by Crippen LogP contribution is 2.36. The Labute approximate surface area is 158 Å². The second kappa shape index (κ2) is 9.66. The highest BCUT2D eigenvalue weighted by Gasteiger charge is 2.32. The van der Waals surface area contributed by atoms with E-state index in [9.17, 15) is 26.3 Å². The molecule has 3 N–H and O–H groups in total. The summed E-state index contributed by atoms with van der Waals surface area (Å²) in [5.74, 6) is -0.376. The molecule has 2 rings (SSSR count). The van der Waals surface area contributed by atoms with Gasteiger partial charge in [0.2, 0.25) is 0 Å². The van der Waals surface area contributed by atoms with Crippen LogP contribution in [0.15, 0.2) is 18.2 Å². The first-order valence-corrected chi connectivity index (χ1v) is 8.77. The molecule has 11 heteroatoms. The SMILES string of the molecule is NCCC(c1ccc(OCC(F)(F)F)cc1OCC(F)(F)F)N1CCNCC1. The maximum absolute atomic E-state index is 12.6. The van der Waals surface area contributed by atoms with Crippen molar-refractivity contribution in [3.05, 3.63) is 23.8 Å². The monoisotopic (exact) mass is 415 g/mol. The molecule has 28 heavy (non-hydrogen) atoms. The predicted octanol–water partition coefficient (Wildman–Crippen LogP) is 2.86. The van der Waals surface area contributed by atoms with Gasteiger partial charge in [-0.15, -0.1) is 0 Å². The van der Waals surface area contributed by atoms with Crippen molar-refractivity contribution in [1.82, 2.24) is 10.2 Å². The summed E-state index contributed by atoms with van der Waals surface area (Å²) in [6, 6.07) is 3.50. The molecule has 160 valence electrons. The number of hydrogen-bond acceptors (Lipinski definition) is 5. The zero-order valence-corrected chi connectivity index (χ0v) is 15.1. The molecule has 1 aromatic carbocycles. The van der Waals surface area contributed by atoms with Gasteiger partial charge >= 0.3 is 12.4 Å². The van der Waals surface area contributed by atoms with Gasteiger partial charge in [0.15, 0.2) is 13.2 Å². The minimum absolute atomic E-state index is 0.158. The lowest BCUT2D eigenvalue weighted by Crippen LogP contribution is -2.45. The van der Waals surface area contributed by atoms with Crippen molar-refractivity contribution in [3.63, 3.8) is 0 Å². The van der Waals surface area contributed by atoms with Gasteiger partial charge in [-0.1, -0.05) is 6.07 Å². The van der Waals surface area contributed by atoms with Crippen LogP contribution in [0, 0.1) is 0 Å². The number of nitrogens with zero attached hydrogens (tertiary/aromatic N) is 1. The minimum atomic E-state index is -4.58. The van der Waals surface area contributed by atoms with Crippen molar-refractivity contribution < 1.29 is 35.8 Å². The van der Waals surface area contributed by atoms with E-state index in [1.807, 2.05) is 0 Å². The molecule has 0 aliphatic carbocycles. The molecule has 0 spiro atoms. The normalized spacial score (nSPS) is 17.4. The number of nitrogens with one attached hydrogen (secondary N) is 1. The second-order valence-corrected chi connectivity index (χ2v) is 6.39. The molecular formula is C17H23F6N3O2. The minimum Gasteiger partial charge on any atom is -0.484 e. The lowest BCUT2D eigenvalue weighted by atomic mass is 9.99. The Morgan fingerprint density at radius 2 is 1.61 bits per heavy atom. The third kappa shape index (κ3) is 7.36. The molecule has 1 aliphatic rings. The summed E-state index contributed by atoms with van der Waals surface area (Å²) in [5, 5.41) is 3.18. The number of hydrogen-bond donors (Lipinski definition) is 2. The molecule has 0 saturated carbocycles. The Kier molecular flexibility index (Phi) is 7.79. The number of nitrogens with two attached hydrogens (primary N) is 1. The first-order valence-electron chi connectivity index (χ1n) is 8.77. The van der Waals surface area contributed by atoms with Crippen LogP contribution in [0.1, 0.15) is 18.0 Å². The maximum Gasteiger partial charge on any atom is 0.422 e.